The van der Waals surface area contributed by atoms with Gasteiger partial charge in [0.05, 0.1) is 19.1 Å². The Morgan fingerprint density at radius 3 is 2.68 bits per heavy atom. The van der Waals surface area contributed by atoms with Crippen LogP contribution < -0.4 is 11.1 Å². The van der Waals surface area contributed by atoms with Crippen molar-refractivity contribution in [3.63, 3.8) is 0 Å². The number of nitrogens with two attached hydrogens (primary N) is 1. The van der Waals surface area contributed by atoms with Crippen molar-refractivity contribution in [2.24, 2.45) is 5.73 Å². The number of piperidine rings is 1. The lowest BCUT2D eigenvalue weighted by Crippen LogP contribution is -2.62. The summed E-state index contributed by atoms with van der Waals surface area (Å²) < 4.78 is 0. The zero-order valence-electron chi connectivity index (χ0n) is 13.9. The number of likely N-dealkylation sites (tertiary alicyclic amines) is 1. The number of β-amino-alcohol motifs (C(OH)–C–C–N with tert-alkyl or cyclic N) is 1. The maximum atomic E-state index is 12.5. The Kier molecular flexibility index (Phi) is 6.78. The Morgan fingerprint density at radius 1 is 1.36 bits per heavy atom. The molecule has 0 aliphatic carbocycles. The summed E-state index contributed by atoms with van der Waals surface area (Å²) in [5.74, 6) is -0.562. The average Bonchev–Trinajstić information content (AvgIpc) is 2.56. The normalized spacial score (nSPS) is 23.5. The molecule has 138 valence electrons. The number of aliphatic hydroxyl groups is 2. The Labute approximate surface area is 151 Å². The van der Waals surface area contributed by atoms with E-state index < -0.39 is 17.6 Å². The first-order valence-electron chi connectivity index (χ1n) is 8.22. The molecule has 1 aromatic rings. The Bertz CT molecular complexity index is 610. The number of benzene rings is 1. The lowest BCUT2D eigenvalue weighted by atomic mass is 9.89. The molecule has 0 unspecified atom stereocenters. The van der Waals surface area contributed by atoms with Gasteiger partial charge in [0, 0.05) is 31.1 Å². The molecule has 1 fully saturated rings. The van der Waals surface area contributed by atoms with Crippen LogP contribution in [0.2, 0.25) is 5.02 Å². The largest absolute Gasteiger partial charge is 0.390 e. The molecule has 0 bridgehead atoms. The Morgan fingerprint density at radius 2 is 2.04 bits per heavy atom. The number of aliphatic hydroxyl groups excluding tert-OH is 1. The Hall–Kier alpha value is -1.67. The smallest absolute Gasteiger partial charge is 0.227 e. The van der Waals surface area contributed by atoms with Gasteiger partial charge in [0.2, 0.25) is 11.8 Å². The number of nitrogens with zero attached hydrogens (tertiary/aromatic N) is 1. The summed E-state index contributed by atoms with van der Waals surface area (Å²) in [6, 6.07) is 7.03. The molecule has 1 aromatic carbocycles. The minimum absolute atomic E-state index is 0.0319. The number of carbonyl (C=O) groups excluding carboxylic acids is 2. The highest BCUT2D eigenvalue weighted by atomic mass is 35.5. The maximum absolute atomic E-state index is 12.5. The monoisotopic (exact) mass is 369 g/mol. The summed E-state index contributed by atoms with van der Waals surface area (Å²) in [5, 5.41) is 24.3. The third-order valence-corrected chi connectivity index (χ3v) is 4.61. The predicted molar refractivity (Wildman–Crippen MR) is 94.0 cm³/mol. The van der Waals surface area contributed by atoms with Crippen LogP contribution in [0.5, 0.6) is 0 Å². The van der Waals surface area contributed by atoms with Crippen molar-refractivity contribution in [1.29, 1.82) is 0 Å². The summed E-state index contributed by atoms with van der Waals surface area (Å²) in [7, 11) is 0. The number of carbonyl (C=O) groups is 2. The van der Waals surface area contributed by atoms with Gasteiger partial charge in [-0.15, -0.1) is 0 Å². The number of primary amides is 1. The second-order valence-corrected chi connectivity index (χ2v) is 6.86. The third-order valence-electron chi connectivity index (χ3n) is 4.36. The zero-order chi connectivity index (χ0) is 18.4. The molecule has 0 spiro atoms. The first-order chi connectivity index (χ1) is 11.8. The standard InChI is InChI=1S/C17H24ClN3O4/c18-13-3-1-12(2-4-13)9-16(24)21-8-6-14(22)17(25,11-21)10-20-7-5-15(19)23/h1-4,14,20,22,25H,5-11H2,(H2,19,23)/t14-,17+/m1/s1. The van der Waals surface area contributed by atoms with Crippen LogP contribution in [0.1, 0.15) is 18.4 Å². The molecule has 2 atom stereocenters. The number of nitrogens with one attached hydrogen (secondary N) is 1. The van der Waals surface area contributed by atoms with Crippen molar-refractivity contribution in [2.75, 3.05) is 26.2 Å². The topological polar surface area (TPSA) is 116 Å². The van der Waals surface area contributed by atoms with Crippen LogP contribution in [-0.2, 0) is 16.0 Å². The quantitative estimate of drug-likeness (QED) is 0.491. The van der Waals surface area contributed by atoms with Crippen LogP contribution in [0, 0.1) is 0 Å². The summed E-state index contributed by atoms with van der Waals surface area (Å²) in [4.78, 5) is 24.8. The Balaban J connectivity index is 1.92. The number of hydrogen-bond acceptors (Lipinski definition) is 5. The van der Waals surface area contributed by atoms with Gasteiger partial charge in [0.1, 0.15) is 5.60 Å². The van der Waals surface area contributed by atoms with E-state index in [2.05, 4.69) is 5.32 Å². The van der Waals surface area contributed by atoms with Crippen LogP contribution in [-0.4, -0.2) is 64.8 Å². The fourth-order valence-corrected chi connectivity index (χ4v) is 2.98. The lowest BCUT2D eigenvalue weighted by Gasteiger charge is -2.43. The zero-order valence-corrected chi connectivity index (χ0v) is 14.7. The minimum Gasteiger partial charge on any atom is -0.390 e. The van der Waals surface area contributed by atoms with Crippen LogP contribution in [0.3, 0.4) is 0 Å². The van der Waals surface area contributed by atoms with Crippen LogP contribution in [0.25, 0.3) is 0 Å². The average molecular weight is 370 g/mol. The number of amides is 2. The van der Waals surface area contributed by atoms with Gasteiger partial charge in [0.15, 0.2) is 0 Å². The summed E-state index contributed by atoms with van der Waals surface area (Å²) in [6.45, 7) is 0.802. The van der Waals surface area contributed by atoms with E-state index in [0.29, 0.717) is 24.5 Å². The molecule has 5 N–H and O–H groups in total. The highest BCUT2D eigenvalue weighted by Crippen LogP contribution is 2.22. The van der Waals surface area contributed by atoms with E-state index in [1.165, 1.54) is 0 Å². The second-order valence-electron chi connectivity index (χ2n) is 6.42. The summed E-state index contributed by atoms with van der Waals surface area (Å²) in [6.07, 6.45) is -0.294. The van der Waals surface area contributed by atoms with Crippen LogP contribution in [0.4, 0.5) is 0 Å². The lowest BCUT2D eigenvalue weighted by molar-refractivity contribution is -0.150. The molecule has 1 aliphatic heterocycles. The van der Waals surface area contributed by atoms with E-state index in [-0.39, 0.29) is 31.8 Å². The molecule has 1 heterocycles. The van der Waals surface area contributed by atoms with Crippen LogP contribution >= 0.6 is 11.6 Å². The fraction of sp³-hybridized carbons (Fsp3) is 0.529. The van der Waals surface area contributed by atoms with Crippen molar-refractivity contribution < 1.29 is 19.8 Å². The van der Waals surface area contributed by atoms with Gasteiger partial charge in [-0.2, -0.15) is 0 Å². The first kappa shape index (κ1) is 19.7. The molecule has 25 heavy (non-hydrogen) atoms. The van der Waals surface area contributed by atoms with Crippen LogP contribution in [0.15, 0.2) is 24.3 Å². The number of hydrogen-bond donors (Lipinski definition) is 4. The van der Waals surface area contributed by atoms with E-state index >= 15 is 0 Å². The van der Waals surface area contributed by atoms with Gasteiger partial charge in [-0.1, -0.05) is 23.7 Å². The van der Waals surface area contributed by atoms with E-state index in [9.17, 15) is 19.8 Å². The molecule has 8 heteroatoms. The van der Waals surface area contributed by atoms with Gasteiger partial charge >= 0.3 is 0 Å². The van der Waals surface area contributed by atoms with E-state index in [0.717, 1.165) is 5.56 Å². The molecule has 0 saturated carbocycles. The van der Waals surface area contributed by atoms with Gasteiger partial charge < -0.3 is 26.2 Å². The van der Waals surface area contributed by atoms with Crippen molar-refractivity contribution in [2.45, 2.75) is 31.0 Å². The van der Waals surface area contributed by atoms with Gasteiger partial charge in [0.25, 0.3) is 0 Å². The van der Waals surface area contributed by atoms with Gasteiger partial charge in [-0.05, 0) is 24.1 Å². The molecule has 1 saturated heterocycles. The van der Waals surface area contributed by atoms with E-state index in [1.54, 1.807) is 29.2 Å². The second kappa shape index (κ2) is 8.62. The third kappa shape index (κ3) is 5.67. The number of rotatable bonds is 7. The van der Waals surface area contributed by atoms with Crippen molar-refractivity contribution in [1.82, 2.24) is 10.2 Å². The molecular formula is C17H24ClN3O4. The summed E-state index contributed by atoms with van der Waals surface area (Å²) >= 11 is 5.84. The van der Waals surface area contributed by atoms with E-state index in [1.807, 2.05) is 0 Å². The fourth-order valence-electron chi connectivity index (χ4n) is 2.85. The van der Waals surface area contributed by atoms with Crippen molar-refractivity contribution >= 4 is 23.4 Å². The molecule has 0 aromatic heterocycles. The molecular weight excluding hydrogens is 346 g/mol. The highest BCUT2D eigenvalue weighted by Gasteiger charge is 2.42. The SMILES string of the molecule is NC(=O)CCNC[C@]1(O)CN(C(=O)Cc2ccc(Cl)cc2)CC[C@H]1O. The van der Waals surface area contributed by atoms with Gasteiger partial charge in [-0.3, -0.25) is 9.59 Å². The van der Waals surface area contributed by atoms with E-state index in [4.69, 9.17) is 17.3 Å². The van der Waals surface area contributed by atoms with Gasteiger partial charge in [-0.25, -0.2) is 0 Å². The molecule has 2 amide bonds. The number of halogens is 1. The summed E-state index contributed by atoms with van der Waals surface area (Å²) in [5.41, 5.74) is 4.45. The molecule has 2 rings (SSSR count). The van der Waals surface area contributed by atoms with Crippen molar-refractivity contribution in [3.05, 3.63) is 34.9 Å². The molecule has 0 radical (unpaired) electrons. The highest BCUT2D eigenvalue weighted by molar-refractivity contribution is 6.30. The predicted octanol–water partition coefficient (Wildman–Crippen LogP) is -0.328. The minimum atomic E-state index is -1.45. The maximum Gasteiger partial charge on any atom is 0.227 e. The van der Waals surface area contributed by atoms with Crippen molar-refractivity contribution in [3.8, 4) is 0 Å². The molecule has 7 nitrogen and oxygen atoms in total. The first-order valence-corrected chi connectivity index (χ1v) is 8.59. The molecule has 1 aliphatic rings.